The van der Waals surface area contributed by atoms with Crippen molar-refractivity contribution in [3.63, 3.8) is 0 Å². The first kappa shape index (κ1) is 80.9. The minimum Gasteiger partial charge on any atom is -0.381 e. The van der Waals surface area contributed by atoms with E-state index >= 15 is 0 Å². The molecule has 0 radical (unpaired) electrons. The van der Waals surface area contributed by atoms with Gasteiger partial charge < -0.3 is 52.1 Å². The van der Waals surface area contributed by atoms with Crippen LogP contribution in [-0.4, -0.2) is 170 Å². The standard InChI is InChI=1S/C17H28F2O3.C17H28F2O2.C16H26F2O2.2C15H24F2O2/c1-4-22-17-7-13-5-15(9-17,12-21-11-14(2,18)19)8-16(6-13,10-17)20-3;1-12(2)21-17-7-13-4-14(8-17)6-16(5-13,9-17)11-20-10-15(3,18)19;1-3-20-16-7-12-4-13(8-16)6-15(5-12,9-16)11-19-10-14(2,17)18;1-13(16,17)9-19-10-14-4-11-3-12(5-14)7-15(6-11,8-14)18-2;1-14(16,17)8-19-9-15-5-10-3-11(6-15)13(18-2)12(4-10)7-15/h13H,4-12H2,1-3H3;12-14H,4-11H2,1-3H3;12-13H,3-11H2,1-2H3;11-12H,3-10H2,1-2H3;10-13H,3-9H2,1-2H3. The van der Waals surface area contributed by atoms with Gasteiger partial charge in [-0.15, -0.1) is 0 Å². The van der Waals surface area contributed by atoms with Crippen LogP contribution >= 0.6 is 0 Å². The Labute approximate surface area is 598 Å². The van der Waals surface area contributed by atoms with E-state index < -0.39 is 62.6 Å². The number of hydrogen-bond donors (Lipinski definition) is 0. The van der Waals surface area contributed by atoms with Crippen LogP contribution in [-0.2, 0) is 52.1 Å². The van der Waals surface area contributed by atoms with Crippen molar-refractivity contribution in [2.45, 2.75) is 318 Å². The predicted octanol–water partition coefficient (Wildman–Crippen LogP) is 19.4. The van der Waals surface area contributed by atoms with Gasteiger partial charge >= 0.3 is 0 Å². The summed E-state index contributed by atoms with van der Waals surface area (Å²) < 4.78 is 192. The van der Waals surface area contributed by atoms with E-state index in [0.29, 0.717) is 99.0 Å². The Kier molecular flexibility index (Phi) is 24.2. The Morgan fingerprint density at radius 1 is 0.317 bits per heavy atom. The second-order valence-corrected chi connectivity index (χ2v) is 38.7. The van der Waals surface area contributed by atoms with Crippen molar-refractivity contribution >= 4 is 0 Å². The van der Waals surface area contributed by atoms with Crippen molar-refractivity contribution in [1.29, 1.82) is 0 Å². The quantitative estimate of drug-likeness (QED) is 0.0669. The van der Waals surface area contributed by atoms with Gasteiger partial charge in [0.25, 0.3) is 29.6 Å². The molecule has 20 saturated carbocycles. The number of halogens is 10. The average Bonchev–Trinajstić information content (AvgIpc) is 0.715. The van der Waals surface area contributed by atoms with Crippen LogP contribution in [0.25, 0.3) is 0 Å². The minimum atomic E-state index is -2.77. The van der Waals surface area contributed by atoms with Crippen molar-refractivity contribution in [2.75, 3.05) is 101 Å². The molecular weight excluding hydrogens is 1330 g/mol. The van der Waals surface area contributed by atoms with Crippen LogP contribution in [0.2, 0.25) is 0 Å². The molecule has 101 heavy (non-hydrogen) atoms. The maximum atomic E-state index is 13.0. The van der Waals surface area contributed by atoms with Crippen LogP contribution in [0.15, 0.2) is 0 Å². The molecule has 0 aromatic carbocycles. The fourth-order valence-electron chi connectivity index (χ4n) is 27.2. The van der Waals surface area contributed by atoms with Crippen molar-refractivity contribution < 1.29 is 96.0 Å². The molecule has 0 heterocycles. The van der Waals surface area contributed by atoms with Crippen molar-refractivity contribution in [3.8, 4) is 0 Å². The van der Waals surface area contributed by atoms with E-state index in [1.165, 1.54) is 51.4 Å². The van der Waals surface area contributed by atoms with Crippen LogP contribution in [0.3, 0.4) is 0 Å². The highest BCUT2D eigenvalue weighted by Crippen LogP contribution is 2.68. The molecule has 21 heteroatoms. The summed E-state index contributed by atoms with van der Waals surface area (Å²) in [7, 11) is 5.40. The Morgan fingerprint density at radius 2 is 0.614 bits per heavy atom. The highest BCUT2D eigenvalue weighted by molar-refractivity contribution is 5.17. The molecule has 12 unspecified atom stereocenters. The van der Waals surface area contributed by atoms with E-state index in [0.717, 1.165) is 182 Å². The molecule has 12 atom stereocenters. The number of methoxy groups -OCH3 is 3. The topological polar surface area (TPSA) is 102 Å². The first-order valence-electron chi connectivity index (χ1n) is 39.4. The van der Waals surface area contributed by atoms with Crippen LogP contribution in [0, 0.1) is 86.3 Å². The largest absolute Gasteiger partial charge is 0.381 e. The number of hydrogen-bond acceptors (Lipinski definition) is 11. The van der Waals surface area contributed by atoms with Crippen LogP contribution < -0.4 is 0 Å². The van der Waals surface area contributed by atoms with Crippen LogP contribution in [0.5, 0.6) is 0 Å². The summed E-state index contributed by atoms with van der Waals surface area (Å²) in [6.07, 6.45) is 33.3. The molecule has 0 aromatic rings. The second-order valence-electron chi connectivity index (χ2n) is 38.7. The van der Waals surface area contributed by atoms with Gasteiger partial charge in [0.1, 0.15) is 33.0 Å². The van der Waals surface area contributed by atoms with E-state index in [1.54, 1.807) is 7.11 Å². The van der Waals surface area contributed by atoms with Gasteiger partial charge in [-0.3, -0.25) is 0 Å². The van der Waals surface area contributed by atoms with Gasteiger partial charge in [-0.25, -0.2) is 43.9 Å². The van der Waals surface area contributed by atoms with E-state index in [9.17, 15) is 43.9 Å². The second kappa shape index (κ2) is 30.3. The zero-order chi connectivity index (χ0) is 73.2. The third-order valence-corrected chi connectivity index (χ3v) is 27.1. The molecule has 0 aliphatic heterocycles. The van der Waals surface area contributed by atoms with E-state index in [-0.39, 0.29) is 61.2 Å². The summed E-state index contributed by atoms with van der Waals surface area (Å²) in [6, 6.07) is 0. The highest BCUT2D eigenvalue weighted by Gasteiger charge is 2.66. The number of ether oxygens (including phenoxy) is 11. The predicted molar refractivity (Wildman–Crippen MR) is 366 cm³/mol. The van der Waals surface area contributed by atoms with Crippen molar-refractivity contribution in [1.82, 2.24) is 0 Å². The molecule has 11 nitrogen and oxygen atoms in total. The maximum Gasteiger partial charge on any atom is 0.268 e. The Bertz CT molecular complexity index is 2630. The van der Waals surface area contributed by atoms with Crippen LogP contribution in [0.4, 0.5) is 43.9 Å². The number of alkyl halides is 10. The summed E-state index contributed by atoms with van der Waals surface area (Å²) in [5.41, 5.74) is 0.150. The molecule has 0 saturated heterocycles. The normalized spacial score (nSPS) is 43.7. The van der Waals surface area contributed by atoms with E-state index in [2.05, 4.69) is 20.8 Å². The summed E-state index contributed by atoms with van der Waals surface area (Å²) >= 11 is 0. The van der Waals surface area contributed by atoms with Gasteiger partial charge in [-0.2, -0.15) is 0 Å². The van der Waals surface area contributed by atoms with Gasteiger partial charge in [0.05, 0.1) is 73.2 Å². The third-order valence-electron chi connectivity index (χ3n) is 27.1. The Balaban J connectivity index is 0.000000127. The summed E-state index contributed by atoms with van der Waals surface area (Å²) in [4.78, 5) is 0. The van der Waals surface area contributed by atoms with E-state index in [4.69, 9.17) is 52.1 Å². The fraction of sp³-hybridized carbons (Fsp3) is 1.00. The lowest BCUT2D eigenvalue weighted by Crippen LogP contribution is -2.65. The molecule has 0 N–H and O–H groups in total. The smallest absolute Gasteiger partial charge is 0.268 e. The van der Waals surface area contributed by atoms with Crippen molar-refractivity contribution in [3.05, 3.63) is 0 Å². The van der Waals surface area contributed by atoms with E-state index in [1.807, 2.05) is 21.1 Å². The lowest BCUT2D eigenvalue weighted by molar-refractivity contribution is -0.264. The number of rotatable bonds is 29. The molecule has 0 amide bonds. The lowest BCUT2D eigenvalue weighted by atomic mass is 9.46. The third kappa shape index (κ3) is 20.3. The highest BCUT2D eigenvalue weighted by atomic mass is 19.3. The molecule has 20 rings (SSSR count). The molecule has 20 aliphatic carbocycles. The maximum absolute atomic E-state index is 13.0. The molecule has 0 aromatic heterocycles. The first-order chi connectivity index (χ1) is 47.0. The fourth-order valence-corrected chi connectivity index (χ4v) is 27.2. The molecule has 20 aliphatic rings. The molecule has 0 spiro atoms. The summed E-state index contributed by atoms with van der Waals surface area (Å²) in [5.74, 6) is -6.79. The molecular formula is C80H130F10O11. The lowest BCUT2D eigenvalue weighted by Gasteiger charge is -2.65. The zero-order valence-electron chi connectivity index (χ0n) is 63.7. The average molecular weight is 1460 g/mol. The van der Waals surface area contributed by atoms with Gasteiger partial charge in [0, 0.05) is 75.6 Å². The molecule has 20 fully saturated rings. The van der Waals surface area contributed by atoms with Gasteiger partial charge in [0.2, 0.25) is 0 Å². The van der Waals surface area contributed by atoms with Gasteiger partial charge in [-0.05, 0) is 294 Å². The minimum absolute atomic E-state index is 0.00363. The zero-order valence-corrected chi connectivity index (χ0v) is 63.7. The van der Waals surface area contributed by atoms with Gasteiger partial charge in [0.15, 0.2) is 0 Å². The molecule has 20 bridgehead atoms. The summed E-state index contributed by atoms with van der Waals surface area (Å²) in [5, 5.41) is 0. The van der Waals surface area contributed by atoms with Crippen LogP contribution in [0.1, 0.15) is 249 Å². The summed E-state index contributed by atoms with van der Waals surface area (Å²) in [6.45, 7) is 14.4. The molecule has 586 valence electrons. The SMILES string of the molecule is CC(C)OC12CC3CC(CC(COCC(C)(F)F)(C3)C1)C2.CCOC12CC3CC(CC(COCC(C)(F)F)(C3)C1)C2.CCOC12CC3CC(COCC(C)(F)F)(CC(OC)(C3)C1)C2.COC12CC3CC(CC(COCC(C)(F)F)(C3)C1)C2.COC1C2CC3CC1CC(COCC(C)(F)F)(C3)C2. The Morgan fingerprint density at radius 3 is 0.990 bits per heavy atom. The van der Waals surface area contributed by atoms with Gasteiger partial charge in [-0.1, -0.05) is 0 Å². The first-order valence-corrected chi connectivity index (χ1v) is 39.4. The monoisotopic (exact) mass is 1460 g/mol. The van der Waals surface area contributed by atoms with Crippen molar-refractivity contribution in [2.24, 2.45) is 86.3 Å². The Hall–Kier alpha value is -1.14.